The lowest BCUT2D eigenvalue weighted by molar-refractivity contribution is 0.241. The maximum absolute atomic E-state index is 6.00. The first kappa shape index (κ1) is 13.3. The van der Waals surface area contributed by atoms with Crippen molar-refractivity contribution in [3.63, 3.8) is 0 Å². The van der Waals surface area contributed by atoms with Gasteiger partial charge in [-0.25, -0.2) is 0 Å². The largest absolute Gasteiger partial charge is 0.329 e. The van der Waals surface area contributed by atoms with Crippen LogP contribution < -0.4 is 11.1 Å². The number of nitrogens with two attached hydrogens (primary N) is 1. The zero-order valence-electron chi connectivity index (χ0n) is 11.5. The van der Waals surface area contributed by atoms with Gasteiger partial charge >= 0.3 is 0 Å². The van der Waals surface area contributed by atoms with Crippen molar-refractivity contribution in [2.45, 2.75) is 57.5 Å². The second-order valence-corrected chi connectivity index (χ2v) is 6.31. The van der Waals surface area contributed by atoms with E-state index in [4.69, 9.17) is 5.73 Å². The first-order chi connectivity index (χ1) is 8.15. The van der Waals surface area contributed by atoms with Crippen molar-refractivity contribution in [2.24, 2.45) is 11.7 Å². The number of hydrogen-bond acceptors (Lipinski definition) is 3. The number of nitrogens with zero attached hydrogens (tertiary/aromatic N) is 1. The fourth-order valence-corrected chi connectivity index (χ4v) is 2.88. The number of likely N-dealkylation sites (tertiary alicyclic amines) is 1. The smallest absolute Gasteiger partial charge is 0.0444 e. The summed E-state index contributed by atoms with van der Waals surface area (Å²) in [5, 5.41) is 3.75. The van der Waals surface area contributed by atoms with Crippen LogP contribution in [0, 0.1) is 5.92 Å². The van der Waals surface area contributed by atoms with Crippen molar-refractivity contribution < 1.29 is 0 Å². The molecule has 1 atom stereocenters. The molecule has 1 unspecified atom stereocenters. The summed E-state index contributed by atoms with van der Waals surface area (Å²) in [7, 11) is 0. The van der Waals surface area contributed by atoms with Gasteiger partial charge in [-0.3, -0.25) is 4.90 Å². The molecule has 3 heteroatoms. The van der Waals surface area contributed by atoms with Gasteiger partial charge in [0, 0.05) is 31.2 Å². The van der Waals surface area contributed by atoms with Crippen LogP contribution in [-0.2, 0) is 0 Å². The van der Waals surface area contributed by atoms with Gasteiger partial charge in [0.15, 0.2) is 0 Å². The minimum absolute atomic E-state index is 0.202. The Balaban J connectivity index is 1.70. The Labute approximate surface area is 106 Å². The molecule has 1 saturated carbocycles. The highest BCUT2D eigenvalue weighted by molar-refractivity contribution is 4.98. The second kappa shape index (κ2) is 5.68. The molecule has 0 bridgehead atoms. The molecule has 0 radical (unpaired) electrons. The Morgan fingerprint density at radius 1 is 1.41 bits per heavy atom. The summed E-state index contributed by atoms with van der Waals surface area (Å²) in [6.07, 6.45) is 6.91. The van der Waals surface area contributed by atoms with E-state index >= 15 is 0 Å². The van der Waals surface area contributed by atoms with Crippen LogP contribution in [0.25, 0.3) is 0 Å². The van der Waals surface area contributed by atoms with E-state index in [1.807, 2.05) is 0 Å². The first-order valence-electron chi connectivity index (χ1n) is 7.34. The Morgan fingerprint density at radius 2 is 2.18 bits per heavy atom. The molecule has 3 nitrogen and oxygen atoms in total. The van der Waals surface area contributed by atoms with Gasteiger partial charge < -0.3 is 11.1 Å². The molecule has 17 heavy (non-hydrogen) atoms. The molecular formula is C14H29N3. The molecule has 0 aromatic rings. The summed E-state index contributed by atoms with van der Waals surface area (Å²) in [6.45, 7) is 8.81. The Morgan fingerprint density at radius 3 is 2.71 bits per heavy atom. The van der Waals surface area contributed by atoms with Gasteiger partial charge in [0.25, 0.3) is 0 Å². The molecule has 1 aliphatic carbocycles. The van der Waals surface area contributed by atoms with E-state index in [1.54, 1.807) is 0 Å². The molecule has 2 aliphatic rings. The third-order valence-electron chi connectivity index (χ3n) is 4.49. The van der Waals surface area contributed by atoms with Crippen LogP contribution in [0.3, 0.4) is 0 Å². The van der Waals surface area contributed by atoms with Crippen LogP contribution in [0.4, 0.5) is 0 Å². The normalized spacial score (nSPS) is 30.4. The highest BCUT2D eigenvalue weighted by atomic mass is 15.2. The molecule has 1 heterocycles. The van der Waals surface area contributed by atoms with Crippen LogP contribution in [0.2, 0.25) is 0 Å². The lowest BCUT2D eigenvalue weighted by Crippen LogP contribution is -2.53. The van der Waals surface area contributed by atoms with Crippen LogP contribution in [0.1, 0.15) is 46.0 Å². The van der Waals surface area contributed by atoms with E-state index in [0.29, 0.717) is 6.04 Å². The molecule has 0 amide bonds. The lowest BCUT2D eigenvalue weighted by atomic mass is 9.98. The van der Waals surface area contributed by atoms with Crippen LogP contribution in [0.15, 0.2) is 0 Å². The van der Waals surface area contributed by atoms with E-state index in [1.165, 1.54) is 38.6 Å². The van der Waals surface area contributed by atoms with Gasteiger partial charge in [-0.05, 0) is 45.6 Å². The fraction of sp³-hybridized carbons (Fsp3) is 1.00. The average Bonchev–Trinajstić information content (AvgIpc) is 3.03. The van der Waals surface area contributed by atoms with Crippen molar-refractivity contribution in [2.75, 3.05) is 26.2 Å². The summed E-state index contributed by atoms with van der Waals surface area (Å²) >= 11 is 0. The minimum Gasteiger partial charge on any atom is -0.329 e. The van der Waals surface area contributed by atoms with Gasteiger partial charge in [0.05, 0.1) is 0 Å². The third-order valence-corrected chi connectivity index (χ3v) is 4.49. The van der Waals surface area contributed by atoms with Crippen molar-refractivity contribution in [3.05, 3.63) is 0 Å². The highest BCUT2D eigenvalue weighted by Crippen LogP contribution is 2.33. The van der Waals surface area contributed by atoms with Gasteiger partial charge in [0.1, 0.15) is 0 Å². The van der Waals surface area contributed by atoms with Crippen molar-refractivity contribution >= 4 is 0 Å². The van der Waals surface area contributed by atoms with Gasteiger partial charge in [0.2, 0.25) is 0 Å². The van der Waals surface area contributed by atoms with Gasteiger partial charge in [-0.2, -0.15) is 0 Å². The number of nitrogens with one attached hydrogen (secondary N) is 1. The summed E-state index contributed by atoms with van der Waals surface area (Å²) in [5.74, 6) is 1.06. The van der Waals surface area contributed by atoms with Crippen molar-refractivity contribution in [1.29, 1.82) is 0 Å². The molecule has 0 spiro atoms. The predicted molar refractivity (Wildman–Crippen MR) is 73.1 cm³/mol. The average molecular weight is 239 g/mol. The molecule has 3 N–H and O–H groups in total. The quantitative estimate of drug-likeness (QED) is 0.663. The third kappa shape index (κ3) is 3.67. The van der Waals surface area contributed by atoms with Crippen molar-refractivity contribution in [1.82, 2.24) is 10.2 Å². The molecule has 1 saturated heterocycles. The highest BCUT2D eigenvalue weighted by Gasteiger charge is 2.37. The van der Waals surface area contributed by atoms with Gasteiger partial charge in [-0.1, -0.05) is 12.8 Å². The van der Waals surface area contributed by atoms with E-state index in [9.17, 15) is 0 Å². The SMILES string of the molecule is CC(C)N1CCC(CN)(NCCCC2CC2)C1. The summed E-state index contributed by atoms with van der Waals surface area (Å²) < 4.78 is 0. The Bertz CT molecular complexity index is 238. The van der Waals surface area contributed by atoms with Crippen LogP contribution in [-0.4, -0.2) is 42.7 Å². The van der Waals surface area contributed by atoms with E-state index < -0.39 is 0 Å². The van der Waals surface area contributed by atoms with E-state index in [0.717, 1.165) is 25.6 Å². The van der Waals surface area contributed by atoms with E-state index in [2.05, 4.69) is 24.1 Å². The second-order valence-electron chi connectivity index (χ2n) is 6.31. The van der Waals surface area contributed by atoms with Crippen LogP contribution in [0.5, 0.6) is 0 Å². The molecular weight excluding hydrogens is 210 g/mol. The molecule has 100 valence electrons. The zero-order valence-corrected chi connectivity index (χ0v) is 11.5. The standard InChI is InChI=1S/C14H29N3/c1-12(2)17-9-7-14(10-15,11-17)16-8-3-4-13-5-6-13/h12-13,16H,3-11,15H2,1-2H3. The minimum atomic E-state index is 0.202. The van der Waals surface area contributed by atoms with Crippen molar-refractivity contribution in [3.8, 4) is 0 Å². The Kier molecular flexibility index (Phi) is 4.45. The first-order valence-corrected chi connectivity index (χ1v) is 7.34. The van der Waals surface area contributed by atoms with E-state index in [-0.39, 0.29) is 5.54 Å². The molecule has 0 aromatic carbocycles. The maximum Gasteiger partial charge on any atom is 0.0444 e. The topological polar surface area (TPSA) is 41.3 Å². The monoisotopic (exact) mass is 239 g/mol. The summed E-state index contributed by atoms with van der Waals surface area (Å²) in [6, 6.07) is 0.650. The summed E-state index contributed by atoms with van der Waals surface area (Å²) in [4.78, 5) is 2.54. The lowest BCUT2D eigenvalue weighted by Gasteiger charge is -2.30. The van der Waals surface area contributed by atoms with Crippen LogP contribution >= 0.6 is 0 Å². The molecule has 1 aliphatic heterocycles. The predicted octanol–water partition coefficient (Wildman–Crippen LogP) is 1.58. The molecule has 0 aromatic heterocycles. The fourth-order valence-electron chi connectivity index (χ4n) is 2.88. The van der Waals surface area contributed by atoms with Gasteiger partial charge in [-0.15, -0.1) is 0 Å². The zero-order chi connectivity index (χ0) is 12.3. The Hall–Kier alpha value is -0.120. The molecule has 2 fully saturated rings. The maximum atomic E-state index is 6.00. The molecule has 2 rings (SSSR count). The number of hydrogen-bond donors (Lipinski definition) is 2. The summed E-state index contributed by atoms with van der Waals surface area (Å²) in [5.41, 5.74) is 6.20. The number of rotatable bonds is 7.